The molecule has 0 spiro atoms. The normalized spacial score (nSPS) is 14.0. The van der Waals surface area contributed by atoms with Crippen LogP contribution in [0.25, 0.3) is 22.4 Å². The maximum Gasteiger partial charge on any atom is 0.258 e. The lowest BCUT2D eigenvalue weighted by Gasteiger charge is -2.16. The lowest BCUT2D eigenvalue weighted by atomic mass is 9.97. The van der Waals surface area contributed by atoms with Crippen LogP contribution in [0, 0.1) is 0 Å². The standard InChI is InChI=1S/C30H27N3O/c1-33(2)20-21-10-9-15-25(18-21)31-29(23-13-7-4-8-14-23)28-26-17-16-24(19-27(26)32-30(28)34)22-11-5-3-6-12-22/h3-19,31H,20H2,1-2H3,(H,32,34)/b29-28-. The molecular formula is C30H27N3O. The zero-order chi connectivity index (χ0) is 23.5. The highest BCUT2D eigenvalue weighted by Crippen LogP contribution is 2.39. The zero-order valence-electron chi connectivity index (χ0n) is 19.4. The molecule has 1 heterocycles. The summed E-state index contributed by atoms with van der Waals surface area (Å²) in [5.41, 5.74) is 8.50. The number of nitrogens with zero attached hydrogens (tertiary/aromatic N) is 1. The third-order valence-corrected chi connectivity index (χ3v) is 5.88. The highest BCUT2D eigenvalue weighted by molar-refractivity contribution is 6.37. The molecule has 0 fully saturated rings. The monoisotopic (exact) mass is 445 g/mol. The minimum atomic E-state index is -0.101. The largest absolute Gasteiger partial charge is 0.354 e. The number of nitrogens with one attached hydrogen (secondary N) is 2. The average Bonchev–Trinajstić information content (AvgIpc) is 3.18. The number of anilines is 2. The van der Waals surface area contributed by atoms with Crippen LogP contribution < -0.4 is 10.6 Å². The highest BCUT2D eigenvalue weighted by atomic mass is 16.2. The van der Waals surface area contributed by atoms with E-state index < -0.39 is 0 Å². The van der Waals surface area contributed by atoms with Crippen LogP contribution >= 0.6 is 0 Å². The Bertz CT molecular complexity index is 1360. The van der Waals surface area contributed by atoms with Gasteiger partial charge in [-0.1, -0.05) is 84.9 Å². The van der Waals surface area contributed by atoms with Gasteiger partial charge in [0.05, 0.1) is 11.3 Å². The van der Waals surface area contributed by atoms with Crippen LogP contribution in [0.15, 0.2) is 103 Å². The SMILES string of the molecule is CN(C)Cc1cccc(N/C(=C2\C(=O)Nc3cc(-c4ccccc4)ccc32)c2ccccc2)c1. The molecule has 4 aromatic rings. The number of amides is 1. The maximum atomic E-state index is 13.3. The van der Waals surface area contributed by atoms with E-state index in [1.54, 1.807) is 0 Å². The van der Waals surface area contributed by atoms with Gasteiger partial charge in [-0.2, -0.15) is 0 Å². The molecule has 34 heavy (non-hydrogen) atoms. The molecule has 0 unspecified atom stereocenters. The van der Waals surface area contributed by atoms with Crippen molar-refractivity contribution in [1.29, 1.82) is 0 Å². The van der Waals surface area contributed by atoms with Crippen molar-refractivity contribution < 1.29 is 4.79 Å². The number of benzene rings is 4. The highest BCUT2D eigenvalue weighted by Gasteiger charge is 2.28. The average molecular weight is 446 g/mol. The van der Waals surface area contributed by atoms with Crippen molar-refractivity contribution in [2.45, 2.75) is 6.54 Å². The summed E-state index contributed by atoms with van der Waals surface area (Å²) in [5.74, 6) is -0.101. The molecule has 0 atom stereocenters. The minimum Gasteiger partial charge on any atom is -0.354 e. The number of fused-ring (bicyclic) bond motifs is 1. The lowest BCUT2D eigenvalue weighted by Crippen LogP contribution is -2.12. The third-order valence-electron chi connectivity index (χ3n) is 5.88. The summed E-state index contributed by atoms with van der Waals surface area (Å²) in [7, 11) is 4.11. The Balaban J connectivity index is 1.60. The van der Waals surface area contributed by atoms with E-state index in [0.29, 0.717) is 5.57 Å². The van der Waals surface area contributed by atoms with E-state index in [-0.39, 0.29) is 5.91 Å². The van der Waals surface area contributed by atoms with Crippen LogP contribution in [-0.2, 0) is 11.3 Å². The molecule has 4 heteroatoms. The van der Waals surface area contributed by atoms with Crippen LogP contribution in [0.2, 0.25) is 0 Å². The van der Waals surface area contributed by atoms with Crippen molar-refractivity contribution in [2.24, 2.45) is 0 Å². The Morgan fingerprint density at radius 3 is 2.26 bits per heavy atom. The molecule has 0 saturated heterocycles. The molecule has 5 rings (SSSR count). The first kappa shape index (κ1) is 21.7. The Morgan fingerprint density at radius 2 is 1.53 bits per heavy atom. The molecule has 0 radical (unpaired) electrons. The van der Waals surface area contributed by atoms with Gasteiger partial charge in [-0.05, 0) is 54.5 Å². The van der Waals surface area contributed by atoms with Crippen LogP contribution in [0.3, 0.4) is 0 Å². The molecule has 2 N–H and O–H groups in total. The molecular weight excluding hydrogens is 418 g/mol. The number of carbonyl (C=O) groups is 1. The lowest BCUT2D eigenvalue weighted by molar-refractivity contribution is -0.110. The van der Waals surface area contributed by atoms with Crippen molar-refractivity contribution >= 4 is 28.6 Å². The number of rotatable bonds is 6. The molecule has 0 bridgehead atoms. The van der Waals surface area contributed by atoms with Gasteiger partial charge in [-0.3, -0.25) is 4.79 Å². The van der Waals surface area contributed by atoms with Crippen molar-refractivity contribution in [3.05, 3.63) is 120 Å². The first-order valence-electron chi connectivity index (χ1n) is 11.4. The fourth-order valence-electron chi connectivity index (χ4n) is 4.37. The number of hydrogen-bond acceptors (Lipinski definition) is 3. The van der Waals surface area contributed by atoms with E-state index in [2.05, 4.69) is 66.0 Å². The van der Waals surface area contributed by atoms with Crippen LogP contribution in [-0.4, -0.2) is 24.9 Å². The van der Waals surface area contributed by atoms with Gasteiger partial charge < -0.3 is 15.5 Å². The van der Waals surface area contributed by atoms with Crippen molar-refractivity contribution in [3.63, 3.8) is 0 Å². The summed E-state index contributed by atoms with van der Waals surface area (Å²) >= 11 is 0. The first-order valence-corrected chi connectivity index (χ1v) is 11.4. The van der Waals surface area contributed by atoms with E-state index >= 15 is 0 Å². The molecule has 4 nitrogen and oxygen atoms in total. The van der Waals surface area contributed by atoms with E-state index in [0.717, 1.165) is 45.9 Å². The van der Waals surface area contributed by atoms with Gasteiger partial charge in [0.25, 0.3) is 5.91 Å². The second-order valence-corrected chi connectivity index (χ2v) is 8.76. The summed E-state index contributed by atoms with van der Waals surface area (Å²) in [6, 6.07) is 34.7. The van der Waals surface area contributed by atoms with E-state index in [4.69, 9.17) is 0 Å². The summed E-state index contributed by atoms with van der Waals surface area (Å²) in [6.45, 7) is 0.846. The Kier molecular flexibility index (Phi) is 5.98. The summed E-state index contributed by atoms with van der Waals surface area (Å²) in [4.78, 5) is 15.4. The van der Waals surface area contributed by atoms with Crippen molar-refractivity contribution in [2.75, 3.05) is 24.7 Å². The zero-order valence-corrected chi connectivity index (χ0v) is 19.4. The van der Waals surface area contributed by atoms with Gasteiger partial charge in [-0.25, -0.2) is 0 Å². The third kappa shape index (κ3) is 4.49. The Labute approximate surface area is 200 Å². The van der Waals surface area contributed by atoms with Crippen LogP contribution in [0.5, 0.6) is 0 Å². The second-order valence-electron chi connectivity index (χ2n) is 8.76. The number of hydrogen-bond donors (Lipinski definition) is 2. The summed E-state index contributed by atoms with van der Waals surface area (Å²) in [5, 5.41) is 6.66. The molecule has 1 amide bonds. The molecule has 0 aromatic heterocycles. The molecule has 1 aliphatic heterocycles. The van der Waals surface area contributed by atoms with Crippen LogP contribution in [0.4, 0.5) is 11.4 Å². The predicted molar refractivity (Wildman–Crippen MR) is 141 cm³/mol. The summed E-state index contributed by atoms with van der Waals surface area (Å²) < 4.78 is 0. The molecule has 1 aliphatic rings. The van der Waals surface area contributed by atoms with Gasteiger partial charge in [0.1, 0.15) is 0 Å². The predicted octanol–water partition coefficient (Wildman–Crippen LogP) is 6.35. The topological polar surface area (TPSA) is 44.4 Å². The quantitative estimate of drug-likeness (QED) is 0.340. The van der Waals surface area contributed by atoms with Gasteiger partial charge in [0.15, 0.2) is 0 Å². The van der Waals surface area contributed by atoms with E-state index in [1.807, 2.05) is 66.7 Å². The molecule has 4 aromatic carbocycles. The molecule has 168 valence electrons. The van der Waals surface area contributed by atoms with E-state index in [9.17, 15) is 4.79 Å². The number of carbonyl (C=O) groups excluding carboxylic acids is 1. The Hall–Kier alpha value is -4.15. The maximum absolute atomic E-state index is 13.3. The van der Waals surface area contributed by atoms with Crippen LogP contribution in [0.1, 0.15) is 16.7 Å². The minimum absolute atomic E-state index is 0.101. The van der Waals surface area contributed by atoms with Gasteiger partial charge in [-0.15, -0.1) is 0 Å². The van der Waals surface area contributed by atoms with E-state index in [1.165, 1.54) is 5.56 Å². The molecule has 0 aliphatic carbocycles. The fourth-order valence-corrected chi connectivity index (χ4v) is 4.37. The Morgan fingerprint density at radius 1 is 0.794 bits per heavy atom. The molecule has 0 saturated carbocycles. The second kappa shape index (κ2) is 9.38. The van der Waals surface area contributed by atoms with Gasteiger partial charge in [0.2, 0.25) is 0 Å². The van der Waals surface area contributed by atoms with Crippen molar-refractivity contribution in [1.82, 2.24) is 4.90 Å². The van der Waals surface area contributed by atoms with Gasteiger partial charge in [0, 0.05) is 23.5 Å². The smallest absolute Gasteiger partial charge is 0.258 e. The fraction of sp³-hybridized carbons (Fsp3) is 0.100. The summed E-state index contributed by atoms with van der Waals surface area (Å²) in [6.07, 6.45) is 0. The first-order chi connectivity index (χ1) is 16.6. The van der Waals surface area contributed by atoms with Gasteiger partial charge >= 0.3 is 0 Å². The van der Waals surface area contributed by atoms with Crippen molar-refractivity contribution in [3.8, 4) is 11.1 Å².